The van der Waals surface area contributed by atoms with Crippen molar-refractivity contribution in [3.05, 3.63) is 59.1 Å². The van der Waals surface area contributed by atoms with Crippen LogP contribution in [0.3, 0.4) is 0 Å². The van der Waals surface area contributed by atoms with Gasteiger partial charge in [0.25, 0.3) is 0 Å². The molecule has 1 saturated heterocycles. The molecule has 0 spiro atoms. The summed E-state index contributed by atoms with van der Waals surface area (Å²) in [4.78, 5) is 27.7. The van der Waals surface area contributed by atoms with Crippen molar-refractivity contribution in [1.82, 2.24) is 20.3 Å². The lowest BCUT2D eigenvalue weighted by molar-refractivity contribution is -0.125. The number of nitrogens with one attached hydrogen (secondary N) is 1. The summed E-state index contributed by atoms with van der Waals surface area (Å²) in [5, 5.41) is 4.06. The third kappa shape index (κ3) is 4.08. The summed E-state index contributed by atoms with van der Waals surface area (Å²) in [5.74, 6) is 1.10. The first-order valence-electron chi connectivity index (χ1n) is 9.02. The molecule has 0 unspecified atom stereocenters. The van der Waals surface area contributed by atoms with Gasteiger partial charge >= 0.3 is 0 Å². The predicted octanol–water partition coefficient (Wildman–Crippen LogP) is 3.32. The molecule has 138 valence electrons. The molecule has 7 heteroatoms. The summed E-state index contributed by atoms with van der Waals surface area (Å²) in [5.41, 5.74) is 1.95. The molecule has 6 nitrogen and oxygen atoms in total. The Morgan fingerprint density at radius 2 is 2.07 bits per heavy atom. The molecule has 0 aliphatic carbocycles. The highest BCUT2D eigenvalue weighted by atomic mass is 79.9. The highest BCUT2D eigenvalue weighted by Gasteiger charge is 2.26. The van der Waals surface area contributed by atoms with Crippen molar-refractivity contribution in [3.8, 4) is 0 Å². The van der Waals surface area contributed by atoms with Gasteiger partial charge in [0.1, 0.15) is 12.1 Å². The zero-order valence-corrected chi connectivity index (χ0v) is 16.4. The number of rotatable bonds is 4. The number of fused-ring (bicyclic) bond motifs is 1. The van der Waals surface area contributed by atoms with Crippen LogP contribution in [-0.2, 0) is 11.3 Å². The van der Waals surface area contributed by atoms with Gasteiger partial charge < -0.3 is 10.2 Å². The van der Waals surface area contributed by atoms with Gasteiger partial charge in [-0.3, -0.25) is 9.78 Å². The Bertz CT molecular complexity index is 942. The van der Waals surface area contributed by atoms with Crippen LogP contribution in [0.5, 0.6) is 0 Å². The highest BCUT2D eigenvalue weighted by molar-refractivity contribution is 9.10. The maximum absolute atomic E-state index is 12.5. The number of benzene rings is 1. The molecule has 2 aromatic heterocycles. The number of piperidine rings is 1. The van der Waals surface area contributed by atoms with Crippen LogP contribution < -0.4 is 10.2 Å². The van der Waals surface area contributed by atoms with Gasteiger partial charge in [-0.15, -0.1) is 0 Å². The predicted molar refractivity (Wildman–Crippen MR) is 108 cm³/mol. The van der Waals surface area contributed by atoms with E-state index in [2.05, 4.69) is 47.2 Å². The van der Waals surface area contributed by atoms with E-state index >= 15 is 0 Å². The molecular weight excluding hydrogens is 406 g/mol. The Kier molecular flexibility index (Phi) is 5.29. The lowest BCUT2D eigenvalue weighted by Gasteiger charge is -2.32. The quantitative estimate of drug-likeness (QED) is 0.693. The third-order valence-electron chi connectivity index (χ3n) is 4.93. The summed E-state index contributed by atoms with van der Waals surface area (Å²) < 4.78 is 1.01. The van der Waals surface area contributed by atoms with Crippen molar-refractivity contribution in [2.45, 2.75) is 19.4 Å². The monoisotopic (exact) mass is 425 g/mol. The van der Waals surface area contributed by atoms with Gasteiger partial charge in [0, 0.05) is 47.8 Å². The van der Waals surface area contributed by atoms with Gasteiger partial charge in [-0.05, 0) is 42.7 Å². The van der Waals surface area contributed by atoms with Gasteiger partial charge in [0.05, 0.1) is 5.52 Å². The molecule has 1 N–H and O–H groups in total. The van der Waals surface area contributed by atoms with E-state index in [1.807, 2.05) is 24.3 Å². The lowest BCUT2D eigenvalue weighted by Crippen LogP contribution is -2.40. The molecule has 3 aromatic rings. The van der Waals surface area contributed by atoms with Crippen molar-refractivity contribution >= 4 is 38.6 Å². The SMILES string of the molecule is O=C(NCc1cccnc1)C1CCN(c2ncnc3ccc(Br)cc23)CC1. The normalized spacial score (nSPS) is 15.1. The Morgan fingerprint density at radius 3 is 2.85 bits per heavy atom. The van der Waals surface area contributed by atoms with Gasteiger partial charge in [0.15, 0.2) is 0 Å². The summed E-state index contributed by atoms with van der Waals surface area (Å²) >= 11 is 3.52. The minimum Gasteiger partial charge on any atom is -0.356 e. The fourth-order valence-corrected chi connectivity index (χ4v) is 3.82. The second kappa shape index (κ2) is 8.00. The number of hydrogen-bond donors (Lipinski definition) is 1. The first kappa shape index (κ1) is 17.9. The number of hydrogen-bond acceptors (Lipinski definition) is 5. The summed E-state index contributed by atoms with van der Waals surface area (Å²) in [7, 11) is 0. The molecule has 1 aliphatic heterocycles. The van der Waals surface area contributed by atoms with E-state index < -0.39 is 0 Å². The summed E-state index contributed by atoms with van der Waals surface area (Å²) in [6.45, 7) is 2.14. The number of carbonyl (C=O) groups is 1. The summed E-state index contributed by atoms with van der Waals surface area (Å²) in [6.07, 6.45) is 6.76. The zero-order valence-electron chi connectivity index (χ0n) is 14.8. The van der Waals surface area contributed by atoms with Gasteiger partial charge in [-0.25, -0.2) is 9.97 Å². The molecule has 0 atom stereocenters. The van der Waals surface area contributed by atoms with E-state index in [0.717, 1.165) is 52.7 Å². The topological polar surface area (TPSA) is 71.0 Å². The highest BCUT2D eigenvalue weighted by Crippen LogP contribution is 2.29. The Balaban J connectivity index is 1.39. The maximum Gasteiger partial charge on any atom is 0.223 e. The fraction of sp³-hybridized carbons (Fsp3) is 0.300. The fourth-order valence-electron chi connectivity index (χ4n) is 3.46. The van der Waals surface area contributed by atoms with Crippen LogP contribution in [0.4, 0.5) is 5.82 Å². The van der Waals surface area contributed by atoms with Gasteiger partial charge in [-0.2, -0.15) is 0 Å². The molecule has 1 amide bonds. The van der Waals surface area contributed by atoms with Crippen molar-refractivity contribution in [1.29, 1.82) is 0 Å². The Labute approximate surface area is 166 Å². The number of nitrogens with zero attached hydrogens (tertiary/aromatic N) is 4. The minimum atomic E-state index is 0.0396. The van der Waals surface area contributed by atoms with Crippen LogP contribution in [0.15, 0.2) is 53.5 Å². The van der Waals surface area contributed by atoms with E-state index in [9.17, 15) is 4.79 Å². The van der Waals surface area contributed by atoms with Crippen LogP contribution in [-0.4, -0.2) is 33.9 Å². The van der Waals surface area contributed by atoms with E-state index in [0.29, 0.717) is 6.54 Å². The molecule has 27 heavy (non-hydrogen) atoms. The molecule has 0 saturated carbocycles. The molecule has 0 bridgehead atoms. The van der Waals surface area contributed by atoms with Crippen molar-refractivity contribution in [3.63, 3.8) is 0 Å². The van der Waals surface area contributed by atoms with Gasteiger partial charge in [-0.1, -0.05) is 22.0 Å². The largest absolute Gasteiger partial charge is 0.356 e. The maximum atomic E-state index is 12.5. The number of amides is 1. The van der Waals surface area contributed by atoms with Crippen LogP contribution in [0.2, 0.25) is 0 Å². The molecule has 1 aromatic carbocycles. The average molecular weight is 426 g/mol. The smallest absolute Gasteiger partial charge is 0.223 e. The standard InChI is InChI=1S/C20H20BrN5O/c21-16-3-4-18-17(10-16)19(25-13-24-18)26-8-5-15(6-9-26)20(27)23-12-14-2-1-7-22-11-14/h1-4,7,10-11,13,15H,5-6,8-9,12H2,(H,23,27). The first-order chi connectivity index (χ1) is 13.2. The molecule has 0 radical (unpaired) electrons. The van der Waals surface area contributed by atoms with E-state index in [-0.39, 0.29) is 11.8 Å². The number of anilines is 1. The van der Waals surface area contributed by atoms with E-state index in [4.69, 9.17) is 0 Å². The molecule has 4 rings (SSSR count). The number of carbonyl (C=O) groups excluding carboxylic acids is 1. The molecule has 1 aliphatic rings. The lowest BCUT2D eigenvalue weighted by atomic mass is 9.95. The van der Waals surface area contributed by atoms with E-state index in [1.54, 1.807) is 18.7 Å². The zero-order chi connectivity index (χ0) is 18.6. The van der Waals surface area contributed by atoms with Crippen LogP contribution in [0.1, 0.15) is 18.4 Å². The van der Waals surface area contributed by atoms with Crippen LogP contribution in [0, 0.1) is 5.92 Å². The van der Waals surface area contributed by atoms with Crippen LogP contribution in [0.25, 0.3) is 10.9 Å². The first-order valence-corrected chi connectivity index (χ1v) is 9.82. The number of halogens is 1. The second-order valence-corrected chi connectivity index (χ2v) is 7.61. The van der Waals surface area contributed by atoms with Crippen molar-refractivity contribution in [2.75, 3.05) is 18.0 Å². The van der Waals surface area contributed by atoms with Gasteiger partial charge in [0.2, 0.25) is 5.91 Å². The number of aromatic nitrogens is 3. The number of pyridine rings is 1. The molecule has 1 fully saturated rings. The minimum absolute atomic E-state index is 0.0396. The molecular formula is C20H20BrN5O. The van der Waals surface area contributed by atoms with Crippen molar-refractivity contribution in [2.24, 2.45) is 5.92 Å². The van der Waals surface area contributed by atoms with Crippen molar-refractivity contribution < 1.29 is 4.79 Å². The second-order valence-electron chi connectivity index (χ2n) is 6.70. The third-order valence-corrected chi connectivity index (χ3v) is 5.42. The average Bonchev–Trinajstić information content (AvgIpc) is 2.72. The summed E-state index contributed by atoms with van der Waals surface area (Å²) in [6, 6.07) is 9.87. The van der Waals surface area contributed by atoms with Crippen LogP contribution >= 0.6 is 15.9 Å². The Morgan fingerprint density at radius 1 is 1.22 bits per heavy atom. The molecule has 3 heterocycles. The van der Waals surface area contributed by atoms with E-state index in [1.165, 1.54) is 0 Å². The Hall–Kier alpha value is -2.54.